The number of ether oxygens (including phenoxy) is 2. The van der Waals surface area contributed by atoms with Gasteiger partial charge in [-0.2, -0.15) is 0 Å². The summed E-state index contributed by atoms with van der Waals surface area (Å²) in [6.07, 6.45) is 1.47. The molecule has 0 spiro atoms. The van der Waals surface area contributed by atoms with E-state index in [1.165, 1.54) is 0 Å². The second kappa shape index (κ2) is 3.44. The van der Waals surface area contributed by atoms with Gasteiger partial charge in [0.05, 0.1) is 6.61 Å². The molecule has 12 heavy (non-hydrogen) atoms. The average molecular weight is 172 g/mol. The van der Waals surface area contributed by atoms with Gasteiger partial charge in [0.2, 0.25) is 0 Å². The molecule has 1 unspecified atom stereocenters. The first-order valence-electron chi connectivity index (χ1n) is 4.54. The highest BCUT2D eigenvalue weighted by molar-refractivity contribution is 5.79. The molecule has 70 valence electrons. The maximum Gasteiger partial charge on any atom is 0.338 e. The molecule has 1 heterocycles. The predicted molar refractivity (Wildman–Crippen MR) is 44.8 cm³/mol. The van der Waals surface area contributed by atoms with E-state index in [1.54, 1.807) is 6.92 Å². The van der Waals surface area contributed by atoms with Gasteiger partial charge in [-0.3, -0.25) is 0 Å². The first-order chi connectivity index (χ1) is 5.70. The number of epoxide rings is 1. The standard InChI is InChI=1S/C9H16O3/c1-4-9(5-2)7(12-9)8(10)11-6-3/h7H,4-6H2,1-3H3. The summed E-state index contributed by atoms with van der Waals surface area (Å²) in [6, 6.07) is 0. The molecule has 0 saturated carbocycles. The van der Waals surface area contributed by atoms with E-state index in [0.29, 0.717) is 6.61 Å². The van der Waals surface area contributed by atoms with E-state index in [9.17, 15) is 4.79 Å². The highest BCUT2D eigenvalue weighted by atomic mass is 16.7. The second-order valence-electron chi connectivity index (χ2n) is 3.02. The van der Waals surface area contributed by atoms with Gasteiger partial charge in [-0.05, 0) is 19.8 Å². The molecule has 0 amide bonds. The Morgan fingerprint density at radius 3 is 2.33 bits per heavy atom. The van der Waals surface area contributed by atoms with E-state index in [0.717, 1.165) is 12.8 Å². The monoisotopic (exact) mass is 172 g/mol. The van der Waals surface area contributed by atoms with Crippen LogP contribution in [0.25, 0.3) is 0 Å². The largest absolute Gasteiger partial charge is 0.464 e. The number of hydrogen-bond acceptors (Lipinski definition) is 3. The van der Waals surface area contributed by atoms with E-state index in [-0.39, 0.29) is 17.7 Å². The van der Waals surface area contributed by atoms with E-state index in [4.69, 9.17) is 9.47 Å². The Hall–Kier alpha value is -0.570. The molecule has 1 saturated heterocycles. The summed E-state index contributed by atoms with van der Waals surface area (Å²) < 4.78 is 10.2. The van der Waals surface area contributed by atoms with Crippen molar-refractivity contribution < 1.29 is 14.3 Å². The summed E-state index contributed by atoms with van der Waals surface area (Å²) in [4.78, 5) is 11.2. The van der Waals surface area contributed by atoms with Crippen LogP contribution in [-0.4, -0.2) is 24.3 Å². The zero-order valence-corrected chi connectivity index (χ0v) is 7.92. The molecular formula is C9H16O3. The lowest BCUT2D eigenvalue weighted by molar-refractivity contribution is -0.144. The van der Waals surface area contributed by atoms with Crippen molar-refractivity contribution in [1.82, 2.24) is 0 Å². The molecule has 0 radical (unpaired) electrons. The minimum absolute atomic E-state index is 0.202. The number of esters is 1. The highest BCUT2D eigenvalue weighted by Gasteiger charge is 2.58. The van der Waals surface area contributed by atoms with Gasteiger partial charge in [0, 0.05) is 0 Å². The van der Waals surface area contributed by atoms with Crippen molar-refractivity contribution in [2.24, 2.45) is 0 Å². The van der Waals surface area contributed by atoms with Crippen molar-refractivity contribution in [2.45, 2.75) is 45.3 Å². The van der Waals surface area contributed by atoms with Gasteiger partial charge >= 0.3 is 5.97 Å². The molecule has 1 fully saturated rings. The number of carbonyl (C=O) groups is 1. The molecule has 3 nitrogen and oxygen atoms in total. The Balaban J connectivity index is 2.43. The van der Waals surface area contributed by atoms with Crippen molar-refractivity contribution in [2.75, 3.05) is 6.61 Å². The topological polar surface area (TPSA) is 38.8 Å². The van der Waals surface area contributed by atoms with Crippen molar-refractivity contribution in [3.8, 4) is 0 Å². The van der Waals surface area contributed by atoms with E-state index in [1.807, 2.05) is 13.8 Å². The van der Waals surface area contributed by atoms with Crippen molar-refractivity contribution in [3.63, 3.8) is 0 Å². The van der Waals surface area contributed by atoms with Crippen LogP contribution in [0.1, 0.15) is 33.6 Å². The molecule has 1 aliphatic rings. The lowest BCUT2D eigenvalue weighted by Gasteiger charge is -2.04. The first-order valence-corrected chi connectivity index (χ1v) is 4.54. The zero-order valence-electron chi connectivity index (χ0n) is 7.92. The molecule has 0 aromatic rings. The second-order valence-corrected chi connectivity index (χ2v) is 3.02. The van der Waals surface area contributed by atoms with Gasteiger partial charge in [-0.1, -0.05) is 13.8 Å². The average Bonchev–Trinajstić information content (AvgIpc) is 2.80. The minimum atomic E-state index is -0.299. The van der Waals surface area contributed by atoms with Crippen LogP contribution in [0.5, 0.6) is 0 Å². The normalized spacial score (nSPS) is 25.1. The van der Waals surface area contributed by atoms with Gasteiger partial charge in [-0.25, -0.2) is 4.79 Å². The molecule has 0 aromatic heterocycles. The molecule has 0 aromatic carbocycles. The van der Waals surface area contributed by atoms with E-state index in [2.05, 4.69) is 0 Å². The lowest BCUT2D eigenvalue weighted by atomic mass is 9.99. The van der Waals surface area contributed by atoms with Crippen LogP contribution in [0, 0.1) is 0 Å². The minimum Gasteiger partial charge on any atom is -0.464 e. The Labute approximate surface area is 73.0 Å². The molecule has 0 N–H and O–H groups in total. The fourth-order valence-corrected chi connectivity index (χ4v) is 1.47. The Bertz CT molecular complexity index is 173. The number of carbonyl (C=O) groups excluding carboxylic acids is 1. The summed E-state index contributed by atoms with van der Waals surface area (Å²) in [5, 5.41) is 0. The van der Waals surface area contributed by atoms with Crippen LogP contribution in [0.15, 0.2) is 0 Å². The van der Waals surface area contributed by atoms with Gasteiger partial charge in [0.15, 0.2) is 6.10 Å². The molecule has 1 rings (SSSR count). The fourth-order valence-electron chi connectivity index (χ4n) is 1.47. The molecule has 0 aliphatic carbocycles. The van der Waals surface area contributed by atoms with Gasteiger partial charge in [0.1, 0.15) is 5.60 Å². The lowest BCUT2D eigenvalue weighted by Crippen LogP contribution is -2.21. The third kappa shape index (κ3) is 1.46. The Morgan fingerprint density at radius 1 is 1.42 bits per heavy atom. The van der Waals surface area contributed by atoms with Gasteiger partial charge < -0.3 is 9.47 Å². The van der Waals surface area contributed by atoms with Crippen LogP contribution < -0.4 is 0 Å². The van der Waals surface area contributed by atoms with Crippen LogP contribution in [0.2, 0.25) is 0 Å². The number of rotatable bonds is 4. The summed E-state index contributed by atoms with van der Waals surface area (Å²) in [5.74, 6) is -0.207. The third-order valence-electron chi connectivity index (χ3n) is 2.47. The summed E-state index contributed by atoms with van der Waals surface area (Å²) in [7, 11) is 0. The summed E-state index contributed by atoms with van der Waals surface area (Å²) in [5.41, 5.74) is -0.202. The number of hydrogen-bond donors (Lipinski definition) is 0. The Kier molecular flexibility index (Phi) is 2.73. The molecule has 1 atom stereocenters. The summed E-state index contributed by atoms with van der Waals surface area (Å²) in [6.45, 7) is 6.30. The van der Waals surface area contributed by atoms with Crippen molar-refractivity contribution in [1.29, 1.82) is 0 Å². The predicted octanol–water partition coefficient (Wildman–Crippen LogP) is 1.51. The quantitative estimate of drug-likeness (QED) is 0.476. The first kappa shape index (κ1) is 9.52. The summed E-state index contributed by atoms with van der Waals surface area (Å²) >= 11 is 0. The highest BCUT2D eigenvalue weighted by Crippen LogP contribution is 2.43. The Morgan fingerprint density at radius 2 is 2.00 bits per heavy atom. The van der Waals surface area contributed by atoms with Crippen molar-refractivity contribution in [3.05, 3.63) is 0 Å². The maximum absolute atomic E-state index is 11.2. The van der Waals surface area contributed by atoms with Crippen LogP contribution in [0.4, 0.5) is 0 Å². The van der Waals surface area contributed by atoms with Crippen LogP contribution >= 0.6 is 0 Å². The SMILES string of the molecule is CCOC(=O)C1OC1(CC)CC. The molecule has 3 heteroatoms. The smallest absolute Gasteiger partial charge is 0.338 e. The molecular weight excluding hydrogens is 156 g/mol. The van der Waals surface area contributed by atoms with E-state index >= 15 is 0 Å². The van der Waals surface area contributed by atoms with E-state index < -0.39 is 0 Å². The molecule has 1 aliphatic heterocycles. The van der Waals surface area contributed by atoms with Gasteiger partial charge in [0.25, 0.3) is 0 Å². The zero-order chi connectivity index (χ0) is 9.19. The maximum atomic E-state index is 11.2. The third-order valence-corrected chi connectivity index (χ3v) is 2.47. The molecule has 0 bridgehead atoms. The fraction of sp³-hybridized carbons (Fsp3) is 0.889. The van der Waals surface area contributed by atoms with Crippen LogP contribution in [-0.2, 0) is 14.3 Å². The van der Waals surface area contributed by atoms with Gasteiger partial charge in [-0.15, -0.1) is 0 Å². The van der Waals surface area contributed by atoms with Crippen molar-refractivity contribution >= 4 is 5.97 Å². The van der Waals surface area contributed by atoms with Crippen LogP contribution in [0.3, 0.4) is 0 Å².